The van der Waals surface area contributed by atoms with Crippen molar-refractivity contribution < 1.29 is 33.4 Å². The van der Waals surface area contributed by atoms with Crippen molar-refractivity contribution >= 4 is 46.6 Å². The van der Waals surface area contributed by atoms with Crippen molar-refractivity contribution in [1.29, 1.82) is 0 Å². The molecule has 2 aromatic rings. The molecule has 294 valence electrons. The summed E-state index contributed by atoms with van der Waals surface area (Å²) >= 11 is 1.21. The third kappa shape index (κ3) is 12.6. The summed E-state index contributed by atoms with van der Waals surface area (Å²) < 4.78 is 10.7. The van der Waals surface area contributed by atoms with E-state index in [1.807, 2.05) is 46.9 Å². The predicted octanol–water partition coefficient (Wildman–Crippen LogP) is 5.85. The number of likely N-dealkylation sites (tertiary alicyclic amines) is 1. The normalized spacial score (nSPS) is 18.3. The number of hydrogen-bond donors (Lipinski definition) is 2. The molecule has 12 nitrogen and oxygen atoms in total. The first-order valence-electron chi connectivity index (χ1n) is 18.9. The van der Waals surface area contributed by atoms with Gasteiger partial charge in [-0.05, 0) is 68.8 Å². The number of ketones is 1. The van der Waals surface area contributed by atoms with Gasteiger partial charge in [0.1, 0.15) is 10.7 Å². The van der Waals surface area contributed by atoms with Crippen molar-refractivity contribution in [3.05, 3.63) is 45.9 Å². The van der Waals surface area contributed by atoms with Gasteiger partial charge in [0.25, 0.3) is 5.91 Å². The van der Waals surface area contributed by atoms with Gasteiger partial charge in [0, 0.05) is 55.9 Å². The van der Waals surface area contributed by atoms with Gasteiger partial charge < -0.3 is 25.4 Å². The predicted molar refractivity (Wildman–Crippen MR) is 207 cm³/mol. The Hall–Kier alpha value is -3.84. The van der Waals surface area contributed by atoms with Gasteiger partial charge in [0.15, 0.2) is 11.9 Å². The number of Topliss-reactive ketones (excluding diaryl/α,β-unsaturated/α-hetero) is 1. The van der Waals surface area contributed by atoms with Crippen LogP contribution >= 0.6 is 11.3 Å². The van der Waals surface area contributed by atoms with E-state index in [-0.39, 0.29) is 60.1 Å². The first-order chi connectivity index (χ1) is 25.1. The van der Waals surface area contributed by atoms with Crippen LogP contribution < -0.4 is 11.1 Å². The van der Waals surface area contributed by atoms with Crippen molar-refractivity contribution in [2.24, 2.45) is 23.7 Å². The lowest BCUT2D eigenvalue weighted by atomic mass is 9.83. The highest BCUT2D eigenvalue weighted by Crippen LogP contribution is 2.33. The van der Waals surface area contributed by atoms with Crippen molar-refractivity contribution in [1.82, 2.24) is 20.1 Å². The van der Waals surface area contributed by atoms with Crippen LogP contribution in [0.5, 0.6) is 0 Å². The number of nitrogens with one attached hydrogen (secondary N) is 1. The van der Waals surface area contributed by atoms with E-state index < -0.39 is 35.9 Å². The quantitative estimate of drug-likeness (QED) is 0.132. The van der Waals surface area contributed by atoms with Gasteiger partial charge >= 0.3 is 11.9 Å². The number of hydrogen-bond acceptors (Lipinski definition) is 11. The average Bonchev–Trinajstić information content (AvgIpc) is 3.62. The van der Waals surface area contributed by atoms with E-state index in [2.05, 4.69) is 15.2 Å². The number of likely N-dealkylation sites (N-methyl/N-ethyl adjacent to an activating group) is 1. The summed E-state index contributed by atoms with van der Waals surface area (Å²) in [5.74, 6) is -2.24. The number of thiazole rings is 1. The number of nitrogen functional groups attached to an aromatic ring is 1. The van der Waals surface area contributed by atoms with Crippen molar-refractivity contribution in [2.75, 3.05) is 33.5 Å². The number of ether oxygens (including phenoxy) is 2. The molecule has 1 aliphatic rings. The van der Waals surface area contributed by atoms with E-state index in [4.69, 9.17) is 15.2 Å². The molecule has 2 heterocycles. The van der Waals surface area contributed by atoms with E-state index in [1.165, 1.54) is 25.4 Å². The minimum atomic E-state index is -0.814. The number of benzene rings is 1. The summed E-state index contributed by atoms with van der Waals surface area (Å²) in [6, 6.07) is 6.41. The molecule has 0 radical (unpaired) electrons. The van der Waals surface area contributed by atoms with E-state index in [0.717, 1.165) is 37.8 Å². The Morgan fingerprint density at radius 1 is 1.08 bits per heavy atom. The summed E-state index contributed by atoms with van der Waals surface area (Å²) in [7, 11) is 5.08. The third-order valence-corrected chi connectivity index (χ3v) is 11.6. The number of anilines is 1. The fourth-order valence-electron chi connectivity index (χ4n) is 7.23. The molecule has 1 aromatic heterocycles. The molecule has 3 rings (SSSR count). The highest BCUT2D eigenvalue weighted by Gasteiger charge is 2.37. The highest BCUT2D eigenvalue weighted by molar-refractivity contribution is 7.09. The molecular formula is C40H61N5O7S. The SMILES string of the molecule is CC[C@H](C)[C@H](CC(=O)[C@H]1CCCCN1C)C(=O)N(C)[C@H](C[C@@H](OC(C)=O)c1nc(C(=O)N[C@@H](Cc2ccc(N)cc2)CC(C)C(=O)OC)cs1)C(C)C. The van der Waals surface area contributed by atoms with Gasteiger partial charge in [-0.15, -0.1) is 11.3 Å². The summed E-state index contributed by atoms with van der Waals surface area (Å²) in [5.41, 5.74) is 7.58. The maximum absolute atomic E-state index is 14.3. The van der Waals surface area contributed by atoms with Gasteiger partial charge in [-0.3, -0.25) is 28.9 Å². The van der Waals surface area contributed by atoms with Crippen LogP contribution in [0.1, 0.15) is 114 Å². The fraction of sp³-hybridized carbons (Fsp3) is 0.650. The number of amides is 2. The Labute approximate surface area is 319 Å². The topological polar surface area (TPSA) is 161 Å². The summed E-state index contributed by atoms with van der Waals surface area (Å²) in [6.07, 6.45) is 4.08. The second kappa shape index (κ2) is 20.6. The minimum Gasteiger partial charge on any atom is -0.469 e. The van der Waals surface area contributed by atoms with Crippen LogP contribution in [0.15, 0.2) is 29.6 Å². The number of nitrogens with two attached hydrogens (primary N) is 1. The lowest BCUT2D eigenvalue weighted by Gasteiger charge is -2.37. The smallest absolute Gasteiger partial charge is 0.308 e. The van der Waals surface area contributed by atoms with Crippen LogP contribution in [-0.4, -0.2) is 90.2 Å². The number of piperidine rings is 1. The van der Waals surface area contributed by atoms with Crippen LogP contribution in [0.25, 0.3) is 0 Å². The Kier molecular flexibility index (Phi) is 16.9. The number of nitrogens with zero attached hydrogens (tertiary/aromatic N) is 3. The molecule has 53 heavy (non-hydrogen) atoms. The molecule has 1 aromatic carbocycles. The molecule has 13 heteroatoms. The van der Waals surface area contributed by atoms with Gasteiger partial charge in [0.2, 0.25) is 5.91 Å². The zero-order chi connectivity index (χ0) is 39.4. The van der Waals surface area contributed by atoms with Crippen LogP contribution in [-0.2, 0) is 35.1 Å². The van der Waals surface area contributed by atoms with Crippen LogP contribution in [0.4, 0.5) is 5.69 Å². The molecule has 3 N–H and O–H groups in total. The zero-order valence-corrected chi connectivity index (χ0v) is 33.9. The van der Waals surface area contributed by atoms with Crippen LogP contribution in [0.2, 0.25) is 0 Å². The molecule has 1 unspecified atom stereocenters. The van der Waals surface area contributed by atoms with Gasteiger partial charge in [0.05, 0.1) is 19.1 Å². The first-order valence-corrected chi connectivity index (χ1v) is 19.8. The minimum absolute atomic E-state index is 0.000588. The second-order valence-corrected chi connectivity index (χ2v) is 16.0. The average molecular weight is 756 g/mol. The molecule has 0 aliphatic carbocycles. The molecule has 0 spiro atoms. The van der Waals surface area contributed by atoms with Gasteiger partial charge in [-0.2, -0.15) is 0 Å². The third-order valence-electron chi connectivity index (χ3n) is 10.7. The van der Waals surface area contributed by atoms with Crippen molar-refractivity contribution in [3.8, 4) is 0 Å². The Balaban J connectivity index is 1.82. The van der Waals surface area contributed by atoms with Gasteiger partial charge in [-0.1, -0.05) is 59.6 Å². The largest absolute Gasteiger partial charge is 0.469 e. The first kappa shape index (κ1) is 43.6. The molecular weight excluding hydrogens is 695 g/mol. The fourth-order valence-corrected chi connectivity index (χ4v) is 8.07. The number of esters is 2. The van der Waals surface area contributed by atoms with Crippen LogP contribution in [0.3, 0.4) is 0 Å². The second-order valence-electron chi connectivity index (χ2n) is 15.1. The molecule has 0 saturated carbocycles. The van der Waals surface area contributed by atoms with Gasteiger partial charge in [-0.25, -0.2) is 4.98 Å². The Morgan fingerprint density at radius 2 is 1.75 bits per heavy atom. The molecule has 1 saturated heterocycles. The van der Waals surface area contributed by atoms with Crippen molar-refractivity contribution in [3.63, 3.8) is 0 Å². The number of rotatable bonds is 19. The van der Waals surface area contributed by atoms with E-state index in [0.29, 0.717) is 23.5 Å². The number of methoxy groups -OCH3 is 1. The van der Waals surface area contributed by atoms with Crippen molar-refractivity contribution in [2.45, 2.75) is 117 Å². The zero-order valence-electron chi connectivity index (χ0n) is 33.1. The van der Waals surface area contributed by atoms with E-state index in [9.17, 15) is 24.0 Å². The van der Waals surface area contributed by atoms with E-state index >= 15 is 0 Å². The summed E-state index contributed by atoms with van der Waals surface area (Å²) in [4.78, 5) is 74.5. The lowest BCUT2D eigenvalue weighted by molar-refractivity contribution is -0.149. The number of aromatic nitrogens is 1. The molecule has 7 atom stereocenters. The Bertz CT molecular complexity index is 1530. The molecule has 1 fully saturated rings. The molecule has 2 amide bonds. The highest BCUT2D eigenvalue weighted by atomic mass is 32.1. The number of carbonyl (C=O) groups excluding carboxylic acids is 5. The standard InChI is InChI=1S/C40H61N5O7S/c1-10-25(4)31(21-35(47)33-13-11-12-18-44(33)7)39(49)45(8)34(24(2)3)22-36(52-27(6)46)38-43-32(23-53-38)37(48)42-30(19-26(5)40(50)51-9)20-28-14-16-29(41)17-15-28/h14-17,23-26,30-31,33-34,36H,10-13,18-22,41H2,1-9H3,(H,42,48)/t25-,26?,30+,31-,33+,34+,36+/m0/s1. The monoisotopic (exact) mass is 755 g/mol. The summed E-state index contributed by atoms with van der Waals surface area (Å²) in [5, 5.41) is 5.09. The van der Waals surface area contributed by atoms with Crippen LogP contribution in [0, 0.1) is 23.7 Å². The lowest BCUT2D eigenvalue weighted by Crippen LogP contribution is -2.48. The maximum atomic E-state index is 14.3. The molecule has 1 aliphatic heterocycles. The number of carbonyl (C=O) groups is 5. The van der Waals surface area contributed by atoms with E-state index in [1.54, 1.807) is 36.4 Å². The summed E-state index contributed by atoms with van der Waals surface area (Å²) in [6.45, 7) is 12.0. The maximum Gasteiger partial charge on any atom is 0.308 e. The Morgan fingerprint density at radius 3 is 2.34 bits per heavy atom. The molecule has 0 bridgehead atoms.